The topological polar surface area (TPSA) is 40.5 Å². The third-order valence-corrected chi connectivity index (χ3v) is 2.97. The van der Waals surface area contributed by atoms with Crippen LogP contribution in [0, 0.1) is 5.82 Å². The molecule has 0 fully saturated rings. The van der Waals surface area contributed by atoms with Crippen molar-refractivity contribution in [1.29, 1.82) is 0 Å². The summed E-state index contributed by atoms with van der Waals surface area (Å²) in [5.74, 6) is -0.675. The van der Waals surface area contributed by atoms with E-state index in [0.29, 0.717) is 12.1 Å². The fraction of sp³-hybridized carbons (Fsp3) is 0.462. The Hall–Kier alpha value is -1.13. The number of rotatable bonds is 6. The molecule has 5 heteroatoms. The highest BCUT2D eigenvalue weighted by Gasteiger charge is 2.15. The van der Waals surface area contributed by atoms with Crippen LogP contribution in [0.4, 0.5) is 4.39 Å². The van der Waals surface area contributed by atoms with Crippen molar-refractivity contribution in [3.8, 4) is 0 Å². The lowest BCUT2D eigenvalue weighted by Crippen LogP contribution is -2.28. The van der Waals surface area contributed by atoms with Crippen LogP contribution in [0.3, 0.4) is 0 Å². The van der Waals surface area contributed by atoms with Crippen LogP contribution in [0.5, 0.6) is 0 Å². The maximum absolute atomic E-state index is 12.9. The van der Waals surface area contributed by atoms with Gasteiger partial charge in [-0.25, -0.2) is 4.39 Å². The molecule has 0 spiro atoms. The van der Waals surface area contributed by atoms with Crippen molar-refractivity contribution in [2.45, 2.75) is 19.3 Å². The number of halogens is 2. The van der Waals surface area contributed by atoms with E-state index in [2.05, 4.69) is 0 Å². The van der Waals surface area contributed by atoms with Crippen molar-refractivity contribution in [1.82, 2.24) is 4.90 Å². The van der Waals surface area contributed by atoms with Crippen LogP contribution in [0.15, 0.2) is 18.2 Å². The monoisotopic (exact) mass is 273 g/mol. The smallest absolute Gasteiger partial charge is 0.255 e. The maximum Gasteiger partial charge on any atom is 0.255 e. The summed E-state index contributed by atoms with van der Waals surface area (Å²) in [6.45, 7) is 0.758. The zero-order valence-corrected chi connectivity index (χ0v) is 11.1. The van der Waals surface area contributed by atoms with Gasteiger partial charge >= 0.3 is 0 Å². The Labute approximate surface area is 111 Å². The van der Waals surface area contributed by atoms with E-state index in [1.54, 1.807) is 11.9 Å². The maximum atomic E-state index is 12.9. The molecule has 18 heavy (non-hydrogen) atoms. The molecule has 0 aliphatic carbocycles. The predicted molar refractivity (Wildman–Crippen MR) is 69.3 cm³/mol. The van der Waals surface area contributed by atoms with Crippen molar-refractivity contribution >= 4 is 17.5 Å². The van der Waals surface area contributed by atoms with Gasteiger partial charge < -0.3 is 10.0 Å². The van der Waals surface area contributed by atoms with Crippen LogP contribution in [0.2, 0.25) is 5.02 Å². The van der Waals surface area contributed by atoms with Gasteiger partial charge in [0, 0.05) is 20.2 Å². The van der Waals surface area contributed by atoms with Gasteiger partial charge in [-0.15, -0.1) is 0 Å². The number of aliphatic hydroxyl groups is 1. The molecule has 1 N–H and O–H groups in total. The SMILES string of the molecule is CN(CCCCCO)C(=O)c1ccc(F)cc1Cl. The largest absolute Gasteiger partial charge is 0.396 e. The zero-order chi connectivity index (χ0) is 13.5. The number of benzene rings is 1. The fourth-order valence-corrected chi connectivity index (χ4v) is 1.86. The number of nitrogens with zero attached hydrogens (tertiary/aromatic N) is 1. The summed E-state index contributed by atoms with van der Waals surface area (Å²) in [4.78, 5) is 13.6. The molecule has 0 saturated heterocycles. The van der Waals surface area contributed by atoms with Gasteiger partial charge in [-0.05, 0) is 37.5 Å². The van der Waals surface area contributed by atoms with Gasteiger partial charge in [-0.3, -0.25) is 4.79 Å². The van der Waals surface area contributed by atoms with E-state index in [9.17, 15) is 9.18 Å². The van der Waals surface area contributed by atoms with Crippen LogP contribution < -0.4 is 0 Å². The Morgan fingerprint density at radius 1 is 1.39 bits per heavy atom. The van der Waals surface area contributed by atoms with Gasteiger partial charge in [0.15, 0.2) is 0 Å². The Morgan fingerprint density at radius 2 is 2.11 bits per heavy atom. The highest BCUT2D eigenvalue weighted by molar-refractivity contribution is 6.33. The van der Waals surface area contributed by atoms with E-state index >= 15 is 0 Å². The molecule has 1 rings (SSSR count). The first-order valence-corrected chi connectivity index (χ1v) is 6.25. The third-order valence-electron chi connectivity index (χ3n) is 2.66. The van der Waals surface area contributed by atoms with E-state index < -0.39 is 5.82 Å². The van der Waals surface area contributed by atoms with Crippen LogP contribution >= 0.6 is 11.6 Å². The lowest BCUT2D eigenvalue weighted by Gasteiger charge is -2.17. The third kappa shape index (κ3) is 4.27. The summed E-state index contributed by atoms with van der Waals surface area (Å²) in [6.07, 6.45) is 2.42. The first-order chi connectivity index (χ1) is 8.56. The average Bonchev–Trinajstić information content (AvgIpc) is 2.33. The molecule has 0 aliphatic rings. The first kappa shape index (κ1) is 14.9. The summed E-state index contributed by atoms with van der Waals surface area (Å²) >= 11 is 5.83. The lowest BCUT2D eigenvalue weighted by molar-refractivity contribution is 0.0792. The van der Waals surface area contributed by atoms with Gasteiger partial charge in [0.25, 0.3) is 5.91 Å². The molecular weight excluding hydrogens is 257 g/mol. The first-order valence-electron chi connectivity index (χ1n) is 5.87. The van der Waals surface area contributed by atoms with Gasteiger partial charge in [-0.2, -0.15) is 0 Å². The molecule has 0 atom stereocenters. The van der Waals surface area contributed by atoms with Gasteiger partial charge in [0.2, 0.25) is 0 Å². The normalized spacial score (nSPS) is 10.4. The van der Waals surface area contributed by atoms with Crippen molar-refractivity contribution in [3.05, 3.63) is 34.6 Å². The molecule has 0 aromatic heterocycles. The highest BCUT2D eigenvalue weighted by Crippen LogP contribution is 2.18. The Kier molecular flexibility index (Phi) is 6.09. The quantitative estimate of drug-likeness (QED) is 0.810. The van der Waals surface area contributed by atoms with Crippen LogP contribution in [0.25, 0.3) is 0 Å². The molecule has 0 aliphatic heterocycles. The van der Waals surface area contributed by atoms with Crippen LogP contribution in [-0.2, 0) is 0 Å². The minimum absolute atomic E-state index is 0.127. The van der Waals surface area contributed by atoms with Crippen molar-refractivity contribution in [2.24, 2.45) is 0 Å². The molecule has 0 bridgehead atoms. The van der Waals surface area contributed by atoms with E-state index in [0.717, 1.165) is 25.3 Å². The van der Waals surface area contributed by atoms with Gasteiger partial charge in [-0.1, -0.05) is 11.6 Å². The molecule has 100 valence electrons. The molecule has 0 saturated carbocycles. The van der Waals surface area contributed by atoms with Crippen LogP contribution in [-0.4, -0.2) is 36.1 Å². The molecule has 1 amide bonds. The lowest BCUT2D eigenvalue weighted by atomic mass is 10.2. The van der Waals surface area contributed by atoms with Gasteiger partial charge in [0.1, 0.15) is 5.82 Å². The van der Waals surface area contributed by atoms with E-state index in [1.807, 2.05) is 0 Å². The second-order valence-electron chi connectivity index (χ2n) is 4.14. The summed E-state index contributed by atoms with van der Waals surface area (Å²) in [6, 6.07) is 3.75. The minimum atomic E-state index is -0.456. The molecule has 0 unspecified atom stereocenters. The Morgan fingerprint density at radius 3 is 2.72 bits per heavy atom. The van der Waals surface area contributed by atoms with Crippen molar-refractivity contribution in [2.75, 3.05) is 20.2 Å². The summed E-state index contributed by atoms with van der Waals surface area (Å²) in [5, 5.41) is 8.77. The molecule has 0 heterocycles. The fourth-order valence-electron chi connectivity index (χ4n) is 1.61. The molecule has 1 aromatic rings. The molecular formula is C13H17ClFNO2. The number of hydrogen-bond acceptors (Lipinski definition) is 2. The Bertz CT molecular complexity index is 412. The second-order valence-corrected chi connectivity index (χ2v) is 4.54. The van der Waals surface area contributed by atoms with E-state index in [4.69, 9.17) is 16.7 Å². The van der Waals surface area contributed by atoms with Crippen LogP contribution in [0.1, 0.15) is 29.6 Å². The number of aliphatic hydroxyl groups excluding tert-OH is 1. The van der Waals surface area contributed by atoms with E-state index in [1.165, 1.54) is 12.1 Å². The molecule has 1 aromatic carbocycles. The standard InChI is InChI=1S/C13H17ClFNO2/c1-16(7-3-2-4-8-17)13(18)11-6-5-10(15)9-12(11)14/h5-6,9,17H,2-4,7-8H2,1H3. The number of carbonyl (C=O) groups excluding carboxylic acids is 1. The van der Waals surface area contributed by atoms with Crippen molar-refractivity contribution in [3.63, 3.8) is 0 Å². The van der Waals surface area contributed by atoms with Gasteiger partial charge in [0.05, 0.1) is 10.6 Å². The number of carbonyl (C=O) groups is 1. The number of unbranched alkanes of at least 4 members (excludes halogenated alkanes) is 2. The molecule has 0 radical (unpaired) electrons. The molecule has 3 nitrogen and oxygen atoms in total. The summed E-state index contributed by atoms with van der Waals surface area (Å²) < 4.78 is 12.9. The number of hydrogen-bond donors (Lipinski definition) is 1. The average molecular weight is 274 g/mol. The van der Waals surface area contributed by atoms with Crippen molar-refractivity contribution < 1.29 is 14.3 Å². The summed E-state index contributed by atoms with van der Waals surface area (Å²) in [5.41, 5.74) is 0.308. The predicted octanol–water partition coefficient (Wildman–Crippen LogP) is 2.71. The summed E-state index contributed by atoms with van der Waals surface area (Å²) in [7, 11) is 1.68. The number of amides is 1. The Balaban J connectivity index is 2.57. The second kappa shape index (κ2) is 7.34. The zero-order valence-electron chi connectivity index (χ0n) is 10.3. The van der Waals surface area contributed by atoms with E-state index in [-0.39, 0.29) is 17.5 Å². The minimum Gasteiger partial charge on any atom is -0.396 e. The highest BCUT2D eigenvalue weighted by atomic mass is 35.5.